The number of halogens is 1. The minimum absolute atomic E-state index is 0.343. The molecule has 182 valence electrons. The van der Waals surface area contributed by atoms with Gasteiger partial charge in [0, 0.05) is 24.6 Å². The van der Waals surface area contributed by atoms with Crippen LogP contribution < -0.4 is 4.74 Å². The van der Waals surface area contributed by atoms with E-state index in [4.69, 9.17) is 22.0 Å². The number of aliphatic hydroxyl groups excluding tert-OH is 1. The lowest BCUT2D eigenvalue weighted by Gasteiger charge is -1.99. The molecule has 0 aliphatic carbocycles. The Kier molecular flexibility index (Phi) is 29.5. The van der Waals surface area contributed by atoms with Gasteiger partial charge < -0.3 is 9.84 Å². The molecule has 0 aromatic heterocycles. The molecule has 5 heteroatoms. The molecule has 0 aliphatic rings. The van der Waals surface area contributed by atoms with Gasteiger partial charge in [-0.2, -0.15) is 5.26 Å². The number of unbranched alkanes of at least 4 members (excludes halogenated alkanes) is 12. The maximum absolute atomic E-state index is 10.2. The van der Waals surface area contributed by atoms with Crippen molar-refractivity contribution in [2.45, 2.75) is 104 Å². The fourth-order valence-corrected chi connectivity index (χ4v) is 2.90. The Morgan fingerprint density at radius 3 is 2.03 bits per heavy atom. The van der Waals surface area contributed by atoms with E-state index in [1.165, 1.54) is 57.8 Å². The van der Waals surface area contributed by atoms with Crippen molar-refractivity contribution in [2.24, 2.45) is 0 Å². The number of allylic oxidation sites excluding steroid dienone is 2. The Labute approximate surface area is 201 Å². The Bertz CT molecular complexity index is 570. The van der Waals surface area contributed by atoms with E-state index in [1.807, 2.05) is 13.0 Å². The molecule has 0 radical (unpaired) electrons. The number of carbonyl (C=O) groups excluding carboxylic acids is 1. The molecule has 0 aliphatic heterocycles. The molecule has 0 atom stereocenters. The van der Waals surface area contributed by atoms with Gasteiger partial charge in [0.2, 0.25) is 0 Å². The van der Waals surface area contributed by atoms with Gasteiger partial charge in [0.25, 0.3) is 0 Å². The van der Waals surface area contributed by atoms with Crippen LogP contribution in [0.25, 0.3) is 0 Å². The molecule has 0 saturated heterocycles. The van der Waals surface area contributed by atoms with Crippen molar-refractivity contribution in [1.29, 1.82) is 5.26 Å². The van der Waals surface area contributed by atoms with Crippen LogP contribution in [0, 0.1) is 11.3 Å². The summed E-state index contributed by atoms with van der Waals surface area (Å²) in [6, 6.07) is 10.8. The van der Waals surface area contributed by atoms with Gasteiger partial charge >= 0.3 is 5.43 Å². The Morgan fingerprint density at radius 1 is 0.969 bits per heavy atom. The van der Waals surface area contributed by atoms with Crippen LogP contribution >= 0.6 is 11.6 Å². The lowest BCUT2D eigenvalue weighted by atomic mass is 10.1. The van der Waals surface area contributed by atoms with Crippen LogP contribution in [-0.4, -0.2) is 17.1 Å². The van der Waals surface area contributed by atoms with Crippen molar-refractivity contribution in [1.82, 2.24) is 0 Å². The predicted octanol–water partition coefficient (Wildman–Crippen LogP) is 8.97. The summed E-state index contributed by atoms with van der Waals surface area (Å²) in [7, 11) is 0. The summed E-state index contributed by atoms with van der Waals surface area (Å²) in [4.78, 5) is 10.2. The molecule has 1 aromatic carbocycles. The number of ether oxygens (including phenoxy) is 1. The molecule has 0 fully saturated rings. The fourth-order valence-electron chi connectivity index (χ4n) is 2.81. The Hall–Kier alpha value is -1.83. The van der Waals surface area contributed by atoms with Crippen LogP contribution in [0.2, 0.25) is 0 Å². The van der Waals surface area contributed by atoms with Gasteiger partial charge in [-0.3, -0.25) is 0 Å². The van der Waals surface area contributed by atoms with E-state index in [-0.39, 0.29) is 0 Å². The molecule has 0 amide bonds. The Balaban J connectivity index is 0. The first-order valence-electron chi connectivity index (χ1n) is 12.1. The number of hydrogen-bond donors (Lipinski definition) is 1. The molecule has 0 heterocycles. The monoisotopic (exact) mass is 465 g/mol. The van der Waals surface area contributed by atoms with E-state index >= 15 is 0 Å². The summed E-state index contributed by atoms with van der Waals surface area (Å²) in [6.45, 7) is 4.63. The molecule has 32 heavy (non-hydrogen) atoms. The zero-order chi connectivity index (χ0) is 24.1. The van der Waals surface area contributed by atoms with E-state index in [2.05, 4.69) is 29.9 Å². The predicted molar refractivity (Wildman–Crippen MR) is 136 cm³/mol. The third-order valence-corrected chi connectivity index (χ3v) is 4.68. The third kappa shape index (κ3) is 30.4. The van der Waals surface area contributed by atoms with Crippen molar-refractivity contribution in [3.8, 4) is 11.8 Å². The molecule has 1 aromatic rings. The lowest BCUT2D eigenvalue weighted by molar-refractivity contribution is 0.225. The molecule has 0 saturated carbocycles. The minimum atomic E-state index is -0.814. The van der Waals surface area contributed by atoms with Gasteiger partial charge in [0.1, 0.15) is 5.75 Å². The summed E-state index contributed by atoms with van der Waals surface area (Å²) in [5, 5.41) is 16.7. The normalized spacial score (nSPS) is 9.84. The largest absolute Gasteiger partial charge is 0.415 e. The highest BCUT2D eigenvalue weighted by Gasteiger charge is 1.95. The van der Waals surface area contributed by atoms with E-state index < -0.39 is 5.43 Å². The van der Waals surface area contributed by atoms with Gasteiger partial charge in [-0.05, 0) is 44.7 Å². The van der Waals surface area contributed by atoms with Gasteiger partial charge in [-0.1, -0.05) is 95.1 Å². The summed E-state index contributed by atoms with van der Waals surface area (Å²) in [6.07, 6.45) is 21.5. The summed E-state index contributed by atoms with van der Waals surface area (Å²) in [5.74, 6) is 0.461. The molecule has 0 bridgehead atoms. The van der Waals surface area contributed by atoms with Crippen LogP contribution in [0.3, 0.4) is 0 Å². The topological polar surface area (TPSA) is 70.3 Å². The first kappa shape index (κ1) is 32.4. The molecular formula is C27H44ClNO3. The summed E-state index contributed by atoms with van der Waals surface area (Å²) < 4.78 is 4.54. The van der Waals surface area contributed by atoms with E-state index in [0.717, 1.165) is 32.1 Å². The average Bonchev–Trinajstić information content (AvgIpc) is 2.79. The highest BCUT2D eigenvalue weighted by Crippen LogP contribution is 2.10. The van der Waals surface area contributed by atoms with E-state index in [1.54, 1.807) is 24.3 Å². The zero-order valence-corrected chi connectivity index (χ0v) is 21.0. The van der Waals surface area contributed by atoms with Crippen molar-refractivity contribution < 1.29 is 14.6 Å². The Morgan fingerprint density at radius 2 is 1.53 bits per heavy atom. The van der Waals surface area contributed by atoms with Crippen LogP contribution in [0.1, 0.15) is 104 Å². The van der Waals surface area contributed by atoms with Crippen LogP contribution in [0.15, 0.2) is 42.5 Å². The van der Waals surface area contributed by atoms with Crippen LogP contribution in [-0.2, 0) is 0 Å². The van der Waals surface area contributed by atoms with Gasteiger partial charge in [-0.15, -0.1) is 0 Å². The number of benzene rings is 1. The zero-order valence-electron chi connectivity index (χ0n) is 20.2. The SMILES string of the molecule is CC=CCCCCCO.CCCCCCCCCCCC#N.O=C(Cl)Oc1ccccc1. The van der Waals surface area contributed by atoms with Crippen molar-refractivity contribution in [3.05, 3.63) is 42.5 Å². The second kappa shape index (κ2) is 29.2. The highest BCUT2D eigenvalue weighted by molar-refractivity contribution is 6.61. The maximum Gasteiger partial charge on any atom is 0.409 e. The first-order chi connectivity index (χ1) is 15.6. The van der Waals surface area contributed by atoms with Gasteiger partial charge in [0.15, 0.2) is 0 Å². The molecule has 0 spiro atoms. The standard InChI is InChI=1S/C12H23N.C8H16O.C7H5ClO2/c1-2-3-4-5-6-7-8-9-10-11-12-13;1-2-3-4-5-6-7-8-9;8-7(9)10-6-4-2-1-3-5-6/h2-11H2,1H3;2-3,9H,4-8H2,1H3;1-5H. The number of carbonyl (C=O) groups is 1. The van der Waals surface area contributed by atoms with Gasteiger partial charge in [-0.25, -0.2) is 4.79 Å². The van der Waals surface area contributed by atoms with Crippen LogP contribution in [0.4, 0.5) is 4.79 Å². The number of rotatable bonds is 15. The van der Waals surface area contributed by atoms with Crippen molar-refractivity contribution in [3.63, 3.8) is 0 Å². The summed E-state index contributed by atoms with van der Waals surface area (Å²) in [5.41, 5.74) is -0.814. The second-order valence-corrected chi connectivity index (χ2v) is 7.84. The molecule has 1 rings (SSSR count). The molecule has 4 nitrogen and oxygen atoms in total. The number of para-hydroxylation sites is 1. The number of nitrogens with zero attached hydrogens (tertiary/aromatic N) is 1. The fraction of sp³-hybridized carbons (Fsp3) is 0.630. The van der Waals surface area contributed by atoms with Gasteiger partial charge in [0.05, 0.1) is 6.07 Å². The van der Waals surface area contributed by atoms with E-state index in [9.17, 15) is 4.79 Å². The summed E-state index contributed by atoms with van der Waals surface area (Å²) >= 11 is 4.95. The van der Waals surface area contributed by atoms with Crippen molar-refractivity contribution >= 4 is 17.0 Å². The minimum Gasteiger partial charge on any atom is -0.415 e. The molecule has 1 N–H and O–H groups in total. The van der Waals surface area contributed by atoms with Crippen molar-refractivity contribution in [2.75, 3.05) is 6.61 Å². The quantitative estimate of drug-likeness (QED) is 0.159. The average molecular weight is 466 g/mol. The first-order valence-corrected chi connectivity index (χ1v) is 12.5. The second-order valence-electron chi connectivity index (χ2n) is 7.53. The number of aliphatic hydroxyl groups is 1. The van der Waals surface area contributed by atoms with E-state index in [0.29, 0.717) is 12.4 Å². The molecule has 0 unspecified atom stereocenters. The maximum atomic E-state index is 10.2. The number of hydrogen-bond acceptors (Lipinski definition) is 4. The molecular weight excluding hydrogens is 422 g/mol. The smallest absolute Gasteiger partial charge is 0.409 e. The van der Waals surface area contributed by atoms with Crippen LogP contribution in [0.5, 0.6) is 5.75 Å². The lowest BCUT2D eigenvalue weighted by Crippen LogP contribution is -1.94. The number of nitriles is 1. The third-order valence-electron chi connectivity index (χ3n) is 4.60. The highest BCUT2D eigenvalue weighted by atomic mass is 35.5.